The van der Waals surface area contributed by atoms with Crippen molar-refractivity contribution in [2.75, 3.05) is 33.7 Å². The fraction of sp³-hybridized carbons (Fsp3) is 0.538. The molecule has 0 heterocycles. The van der Waals surface area contributed by atoms with Crippen LogP contribution in [0.3, 0.4) is 0 Å². The molecule has 0 fully saturated rings. The minimum Gasteiger partial charge on any atom is -0.496 e. The van der Waals surface area contributed by atoms with Crippen LogP contribution in [-0.2, 0) is 6.42 Å². The van der Waals surface area contributed by atoms with Gasteiger partial charge in [-0.15, -0.1) is 0 Å². The fourth-order valence-corrected chi connectivity index (χ4v) is 1.83. The van der Waals surface area contributed by atoms with Crippen LogP contribution in [-0.4, -0.2) is 38.6 Å². The summed E-state index contributed by atoms with van der Waals surface area (Å²) in [4.78, 5) is 2.15. The Morgan fingerprint density at radius 3 is 2.35 bits per heavy atom. The molecule has 1 rings (SSSR count). The lowest BCUT2D eigenvalue weighted by Crippen LogP contribution is -2.19. The Hall–Kier alpha value is -0.870. The number of aryl methyl sites for hydroxylation is 1. The summed E-state index contributed by atoms with van der Waals surface area (Å²) >= 11 is 4.24. The lowest BCUT2D eigenvalue weighted by Gasteiger charge is -2.16. The normalized spacial score (nSPS) is 10.7. The van der Waals surface area contributed by atoms with Crippen molar-refractivity contribution in [2.45, 2.75) is 13.3 Å². The number of thiol groups is 1. The van der Waals surface area contributed by atoms with Crippen LogP contribution in [0.5, 0.6) is 11.5 Å². The molecule has 0 aliphatic carbocycles. The smallest absolute Gasteiger partial charge is 0.122 e. The number of rotatable bonds is 6. The van der Waals surface area contributed by atoms with Gasteiger partial charge in [-0.3, -0.25) is 4.90 Å². The molecule has 0 aliphatic heterocycles. The van der Waals surface area contributed by atoms with E-state index in [0.717, 1.165) is 35.9 Å². The third kappa shape index (κ3) is 3.82. The molecule has 0 saturated carbocycles. The van der Waals surface area contributed by atoms with E-state index < -0.39 is 0 Å². The van der Waals surface area contributed by atoms with Crippen LogP contribution < -0.4 is 9.47 Å². The van der Waals surface area contributed by atoms with Crippen LogP contribution in [0.4, 0.5) is 0 Å². The van der Waals surface area contributed by atoms with E-state index in [1.165, 1.54) is 5.56 Å². The van der Waals surface area contributed by atoms with Gasteiger partial charge in [0.05, 0.1) is 14.2 Å². The maximum atomic E-state index is 5.40. The third-order valence-electron chi connectivity index (χ3n) is 2.80. The number of hydrogen-bond donors (Lipinski definition) is 1. The average molecular weight is 255 g/mol. The van der Waals surface area contributed by atoms with Crippen molar-refractivity contribution in [3.8, 4) is 11.5 Å². The highest BCUT2D eigenvalue weighted by Gasteiger charge is 2.09. The Balaban J connectivity index is 2.88. The molecule has 4 heteroatoms. The molecule has 96 valence electrons. The standard InChI is InChI=1S/C13H21NO2S/c1-10-7-13(16-4)11(8-12(10)15-3)5-6-14(2)9-17/h7-8,17H,5-6,9H2,1-4H3. The molecular weight excluding hydrogens is 234 g/mol. The summed E-state index contributed by atoms with van der Waals surface area (Å²) < 4.78 is 10.7. The topological polar surface area (TPSA) is 21.7 Å². The van der Waals surface area contributed by atoms with E-state index in [0.29, 0.717) is 0 Å². The van der Waals surface area contributed by atoms with E-state index in [-0.39, 0.29) is 0 Å². The summed E-state index contributed by atoms with van der Waals surface area (Å²) in [6.07, 6.45) is 0.927. The first-order chi connectivity index (χ1) is 8.12. The van der Waals surface area contributed by atoms with E-state index in [9.17, 15) is 0 Å². The van der Waals surface area contributed by atoms with Crippen molar-refractivity contribution in [3.05, 3.63) is 23.3 Å². The van der Waals surface area contributed by atoms with Gasteiger partial charge in [0.2, 0.25) is 0 Å². The van der Waals surface area contributed by atoms with Gasteiger partial charge in [-0.05, 0) is 43.7 Å². The van der Waals surface area contributed by atoms with E-state index in [1.54, 1.807) is 14.2 Å². The van der Waals surface area contributed by atoms with Gasteiger partial charge in [0, 0.05) is 12.4 Å². The number of hydrogen-bond acceptors (Lipinski definition) is 4. The number of ether oxygens (including phenoxy) is 2. The molecule has 1 aromatic rings. The molecule has 3 nitrogen and oxygen atoms in total. The molecule has 1 aromatic carbocycles. The molecule has 0 bridgehead atoms. The van der Waals surface area contributed by atoms with Gasteiger partial charge >= 0.3 is 0 Å². The Labute approximate surface area is 109 Å². The van der Waals surface area contributed by atoms with Gasteiger partial charge in [-0.25, -0.2) is 0 Å². The maximum absolute atomic E-state index is 5.40. The summed E-state index contributed by atoms with van der Waals surface area (Å²) in [7, 11) is 5.44. The highest BCUT2D eigenvalue weighted by molar-refractivity contribution is 7.80. The second-order valence-corrected chi connectivity index (χ2v) is 4.39. The van der Waals surface area contributed by atoms with E-state index >= 15 is 0 Å². The van der Waals surface area contributed by atoms with Crippen LogP contribution in [0, 0.1) is 6.92 Å². The predicted octanol–water partition coefficient (Wildman–Crippen LogP) is 2.37. The summed E-state index contributed by atoms with van der Waals surface area (Å²) in [6.45, 7) is 2.97. The first-order valence-corrected chi connectivity index (χ1v) is 6.26. The molecule has 0 radical (unpaired) electrons. The Bertz CT molecular complexity index is 369. The molecule has 0 spiro atoms. The molecule has 0 saturated heterocycles. The largest absolute Gasteiger partial charge is 0.496 e. The monoisotopic (exact) mass is 255 g/mol. The Kier molecular flexibility index (Phi) is 5.65. The second kappa shape index (κ2) is 6.77. The van der Waals surface area contributed by atoms with E-state index in [2.05, 4.69) is 23.6 Å². The number of methoxy groups -OCH3 is 2. The van der Waals surface area contributed by atoms with Crippen molar-refractivity contribution in [1.29, 1.82) is 0 Å². The molecule has 0 aliphatic rings. The van der Waals surface area contributed by atoms with Crippen LogP contribution in [0.15, 0.2) is 12.1 Å². The van der Waals surface area contributed by atoms with Gasteiger partial charge in [0.15, 0.2) is 0 Å². The third-order valence-corrected chi connectivity index (χ3v) is 3.29. The van der Waals surface area contributed by atoms with Crippen LogP contribution in [0.2, 0.25) is 0 Å². The van der Waals surface area contributed by atoms with Gasteiger partial charge in [0.1, 0.15) is 11.5 Å². The van der Waals surface area contributed by atoms with Gasteiger partial charge < -0.3 is 9.47 Å². The number of likely N-dealkylation sites (N-methyl/N-ethyl adjacent to an activating group) is 1. The van der Waals surface area contributed by atoms with Crippen LogP contribution in [0.25, 0.3) is 0 Å². The van der Waals surface area contributed by atoms with Crippen molar-refractivity contribution in [2.24, 2.45) is 0 Å². The van der Waals surface area contributed by atoms with Crippen molar-refractivity contribution in [1.82, 2.24) is 4.90 Å². The highest BCUT2D eigenvalue weighted by atomic mass is 32.1. The molecule has 17 heavy (non-hydrogen) atoms. The Morgan fingerprint density at radius 1 is 1.18 bits per heavy atom. The van der Waals surface area contributed by atoms with E-state index in [1.807, 2.05) is 20.0 Å². The second-order valence-electron chi connectivity index (χ2n) is 4.10. The highest BCUT2D eigenvalue weighted by Crippen LogP contribution is 2.28. The first kappa shape index (κ1) is 14.2. The van der Waals surface area contributed by atoms with Crippen molar-refractivity contribution >= 4 is 12.6 Å². The molecule has 0 unspecified atom stereocenters. The van der Waals surface area contributed by atoms with Crippen LogP contribution >= 0.6 is 12.6 Å². The molecule has 0 atom stereocenters. The van der Waals surface area contributed by atoms with Gasteiger partial charge in [0.25, 0.3) is 0 Å². The SMILES string of the molecule is COc1cc(CCN(C)CS)c(OC)cc1C. The zero-order chi connectivity index (χ0) is 12.8. The minimum atomic E-state index is 0.755. The minimum absolute atomic E-state index is 0.755. The maximum Gasteiger partial charge on any atom is 0.122 e. The summed E-state index contributed by atoms with van der Waals surface area (Å²) in [5, 5.41) is 0. The molecule has 0 amide bonds. The summed E-state index contributed by atoms with van der Waals surface area (Å²) in [6, 6.07) is 4.08. The lowest BCUT2D eigenvalue weighted by atomic mass is 10.1. The zero-order valence-corrected chi connectivity index (χ0v) is 11.9. The fourth-order valence-electron chi connectivity index (χ4n) is 1.69. The molecular formula is C13H21NO2S. The quantitative estimate of drug-likeness (QED) is 0.623. The van der Waals surface area contributed by atoms with Gasteiger partial charge in [-0.2, -0.15) is 12.6 Å². The molecule has 0 aromatic heterocycles. The predicted molar refractivity (Wildman–Crippen MR) is 74.5 cm³/mol. The summed E-state index contributed by atoms with van der Waals surface area (Å²) in [5.74, 6) is 2.59. The summed E-state index contributed by atoms with van der Waals surface area (Å²) in [5.41, 5.74) is 2.26. The van der Waals surface area contributed by atoms with Crippen LogP contribution in [0.1, 0.15) is 11.1 Å². The zero-order valence-electron chi connectivity index (χ0n) is 11.0. The number of benzene rings is 1. The molecule has 0 N–H and O–H groups in total. The van der Waals surface area contributed by atoms with Gasteiger partial charge in [-0.1, -0.05) is 0 Å². The average Bonchev–Trinajstić information content (AvgIpc) is 2.36. The van der Waals surface area contributed by atoms with Crippen molar-refractivity contribution < 1.29 is 9.47 Å². The lowest BCUT2D eigenvalue weighted by molar-refractivity contribution is 0.379. The number of nitrogens with zero attached hydrogens (tertiary/aromatic N) is 1. The first-order valence-electron chi connectivity index (χ1n) is 5.63. The Morgan fingerprint density at radius 2 is 1.82 bits per heavy atom. The van der Waals surface area contributed by atoms with E-state index in [4.69, 9.17) is 9.47 Å². The van der Waals surface area contributed by atoms with Crippen molar-refractivity contribution in [3.63, 3.8) is 0 Å².